The van der Waals surface area contributed by atoms with Crippen LogP contribution in [0.4, 0.5) is 0 Å². The highest BCUT2D eigenvalue weighted by Gasteiger charge is 2.12. The number of benzene rings is 2. The van der Waals surface area contributed by atoms with Gasteiger partial charge in [0.25, 0.3) is 5.91 Å². The van der Waals surface area contributed by atoms with Gasteiger partial charge in [0.2, 0.25) is 0 Å². The highest BCUT2D eigenvalue weighted by molar-refractivity contribution is 5.95. The lowest BCUT2D eigenvalue weighted by atomic mass is 10.0. The highest BCUT2D eigenvalue weighted by atomic mass is 16.7. The first-order valence-electron chi connectivity index (χ1n) is 10.9. The average molecular weight is 454 g/mol. The Hall–Kier alpha value is -4.14. The molecule has 0 aliphatic carbocycles. The molecule has 0 unspecified atom stereocenters. The topological polar surface area (TPSA) is 102 Å². The Balaban J connectivity index is 1.42. The van der Waals surface area contributed by atoms with Crippen LogP contribution in [0.15, 0.2) is 73.2 Å². The van der Waals surface area contributed by atoms with Crippen molar-refractivity contribution in [2.24, 2.45) is 0 Å². The largest absolute Gasteiger partial charge is 0.394 e. The molecule has 0 saturated carbocycles. The van der Waals surface area contributed by atoms with Crippen LogP contribution in [0.5, 0.6) is 0 Å². The van der Waals surface area contributed by atoms with Gasteiger partial charge in [-0.3, -0.25) is 14.6 Å². The van der Waals surface area contributed by atoms with Gasteiger partial charge in [-0.1, -0.05) is 18.2 Å². The van der Waals surface area contributed by atoms with E-state index in [1.807, 2.05) is 47.9 Å². The van der Waals surface area contributed by atoms with Crippen LogP contribution < -0.4 is 5.48 Å². The molecule has 0 saturated heterocycles. The van der Waals surface area contributed by atoms with Crippen molar-refractivity contribution in [3.63, 3.8) is 0 Å². The maximum atomic E-state index is 12.3. The molecule has 0 radical (unpaired) electrons. The number of aryl methyl sites for hydroxylation is 1. The number of hydrogen-bond acceptors (Lipinski definition) is 6. The molecule has 0 aliphatic rings. The summed E-state index contributed by atoms with van der Waals surface area (Å²) < 4.78 is 2.03. The van der Waals surface area contributed by atoms with Gasteiger partial charge in [0.1, 0.15) is 5.52 Å². The number of nitrogens with zero attached hydrogens (tertiary/aromatic N) is 4. The summed E-state index contributed by atoms with van der Waals surface area (Å²) in [5, 5.41) is 9.88. The number of amides is 1. The Kier molecular flexibility index (Phi) is 5.99. The molecule has 34 heavy (non-hydrogen) atoms. The van der Waals surface area contributed by atoms with E-state index in [4.69, 9.17) is 14.9 Å². The SMILES string of the molecule is Cc1cc(-c2ccc3ncn(Cc4ccc5ncccc5c4)c3n2)ccc1C(=O)NOCCO. The van der Waals surface area contributed by atoms with E-state index in [0.29, 0.717) is 12.1 Å². The molecule has 0 bridgehead atoms. The second-order valence-electron chi connectivity index (χ2n) is 7.98. The third kappa shape index (κ3) is 4.36. The molecule has 1 amide bonds. The molecule has 2 aromatic carbocycles. The number of fused-ring (bicyclic) bond motifs is 2. The number of carbonyl (C=O) groups excluding carboxylic acids is 1. The van der Waals surface area contributed by atoms with E-state index < -0.39 is 0 Å². The Labute approximate surface area is 195 Å². The van der Waals surface area contributed by atoms with E-state index in [1.165, 1.54) is 0 Å². The van der Waals surface area contributed by atoms with Crippen LogP contribution in [0.25, 0.3) is 33.3 Å². The van der Waals surface area contributed by atoms with Crippen LogP contribution in [0.1, 0.15) is 21.5 Å². The van der Waals surface area contributed by atoms with Crippen molar-refractivity contribution in [3.8, 4) is 11.3 Å². The number of hydroxylamine groups is 1. The van der Waals surface area contributed by atoms with Crippen LogP contribution in [-0.2, 0) is 11.4 Å². The molecule has 0 atom stereocenters. The normalized spacial score (nSPS) is 11.2. The fraction of sp³-hybridized carbons (Fsp3) is 0.154. The summed E-state index contributed by atoms with van der Waals surface area (Å²) in [6, 6.07) is 19.6. The summed E-state index contributed by atoms with van der Waals surface area (Å²) in [4.78, 5) is 31.0. The van der Waals surface area contributed by atoms with Gasteiger partial charge in [0, 0.05) is 22.7 Å². The number of imidazole rings is 1. The van der Waals surface area contributed by atoms with Crippen molar-refractivity contribution in [2.45, 2.75) is 13.5 Å². The lowest BCUT2D eigenvalue weighted by Crippen LogP contribution is -2.25. The number of aliphatic hydroxyl groups is 1. The second-order valence-corrected chi connectivity index (χ2v) is 7.98. The lowest BCUT2D eigenvalue weighted by molar-refractivity contribution is 0.0168. The van der Waals surface area contributed by atoms with E-state index >= 15 is 0 Å². The van der Waals surface area contributed by atoms with E-state index in [0.717, 1.165) is 44.5 Å². The van der Waals surface area contributed by atoms with Gasteiger partial charge < -0.3 is 9.67 Å². The molecule has 170 valence electrons. The van der Waals surface area contributed by atoms with Crippen molar-refractivity contribution in [1.82, 2.24) is 25.0 Å². The minimum atomic E-state index is -0.357. The van der Waals surface area contributed by atoms with Crippen LogP contribution in [0.2, 0.25) is 0 Å². The summed E-state index contributed by atoms with van der Waals surface area (Å²) in [5.74, 6) is -0.357. The number of pyridine rings is 2. The Morgan fingerprint density at radius 1 is 1.06 bits per heavy atom. The van der Waals surface area contributed by atoms with Gasteiger partial charge in [-0.05, 0) is 60.5 Å². The molecule has 0 aliphatic heterocycles. The molecule has 0 spiro atoms. The molecule has 3 heterocycles. The molecule has 0 fully saturated rings. The number of carbonyl (C=O) groups is 1. The van der Waals surface area contributed by atoms with Crippen LogP contribution >= 0.6 is 0 Å². The van der Waals surface area contributed by atoms with Crippen molar-refractivity contribution in [3.05, 3.63) is 89.9 Å². The summed E-state index contributed by atoms with van der Waals surface area (Å²) >= 11 is 0. The first-order chi connectivity index (χ1) is 16.6. The van der Waals surface area contributed by atoms with Gasteiger partial charge in [-0.25, -0.2) is 15.4 Å². The molecule has 8 nitrogen and oxygen atoms in total. The van der Waals surface area contributed by atoms with Crippen molar-refractivity contribution < 1.29 is 14.7 Å². The van der Waals surface area contributed by atoms with E-state index in [2.05, 4.69) is 33.6 Å². The fourth-order valence-electron chi connectivity index (χ4n) is 3.93. The Bertz CT molecular complexity index is 1490. The average Bonchev–Trinajstić information content (AvgIpc) is 3.26. The van der Waals surface area contributed by atoms with Crippen molar-refractivity contribution in [2.75, 3.05) is 13.2 Å². The van der Waals surface area contributed by atoms with Gasteiger partial charge in [0.05, 0.1) is 37.3 Å². The summed E-state index contributed by atoms with van der Waals surface area (Å²) in [7, 11) is 0. The predicted molar refractivity (Wildman–Crippen MR) is 129 cm³/mol. The van der Waals surface area contributed by atoms with Gasteiger partial charge >= 0.3 is 0 Å². The molecule has 5 aromatic rings. The first kappa shape index (κ1) is 21.7. The number of nitrogens with one attached hydrogen (secondary N) is 1. The van der Waals surface area contributed by atoms with Crippen LogP contribution in [0.3, 0.4) is 0 Å². The lowest BCUT2D eigenvalue weighted by Gasteiger charge is -2.10. The number of aromatic nitrogens is 4. The standard InChI is InChI=1S/C26H23N5O3/c1-17-13-20(5-6-21(17)26(33)30-34-12-11-32)23-8-9-24-25(29-23)31(16-28-24)15-18-4-7-22-19(14-18)3-2-10-27-22/h2-10,13-14,16,32H,11-12,15H2,1H3,(H,30,33). The molecule has 5 rings (SSSR count). The molecule has 3 aromatic heterocycles. The van der Waals surface area contributed by atoms with E-state index in [1.54, 1.807) is 18.6 Å². The Morgan fingerprint density at radius 2 is 1.94 bits per heavy atom. The minimum Gasteiger partial charge on any atom is -0.394 e. The van der Waals surface area contributed by atoms with Crippen LogP contribution in [0, 0.1) is 6.92 Å². The second kappa shape index (κ2) is 9.38. The van der Waals surface area contributed by atoms with E-state index in [-0.39, 0.29) is 19.1 Å². The molecular weight excluding hydrogens is 430 g/mol. The maximum absolute atomic E-state index is 12.3. The number of aliphatic hydroxyl groups excluding tert-OH is 1. The Morgan fingerprint density at radius 3 is 2.79 bits per heavy atom. The third-order valence-electron chi connectivity index (χ3n) is 5.61. The maximum Gasteiger partial charge on any atom is 0.275 e. The first-order valence-corrected chi connectivity index (χ1v) is 10.9. The highest BCUT2D eigenvalue weighted by Crippen LogP contribution is 2.24. The molecular formula is C26H23N5O3. The third-order valence-corrected chi connectivity index (χ3v) is 5.61. The van der Waals surface area contributed by atoms with Crippen LogP contribution in [-0.4, -0.2) is 43.7 Å². The molecule has 8 heteroatoms. The van der Waals surface area contributed by atoms with E-state index in [9.17, 15) is 4.79 Å². The minimum absolute atomic E-state index is 0.0383. The fourth-order valence-corrected chi connectivity index (χ4v) is 3.93. The quantitative estimate of drug-likeness (QED) is 0.288. The zero-order valence-corrected chi connectivity index (χ0v) is 18.6. The summed E-state index contributed by atoms with van der Waals surface area (Å²) in [5.41, 5.74) is 9.04. The van der Waals surface area contributed by atoms with Gasteiger partial charge in [-0.2, -0.15) is 0 Å². The monoisotopic (exact) mass is 453 g/mol. The van der Waals surface area contributed by atoms with Crippen molar-refractivity contribution in [1.29, 1.82) is 0 Å². The summed E-state index contributed by atoms with van der Waals surface area (Å²) in [6.45, 7) is 2.38. The zero-order chi connectivity index (χ0) is 23.5. The summed E-state index contributed by atoms with van der Waals surface area (Å²) in [6.07, 6.45) is 3.60. The predicted octanol–water partition coefficient (Wildman–Crippen LogP) is 3.66. The number of hydrogen-bond donors (Lipinski definition) is 2. The number of rotatable bonds is 7. The zero-order valence-electron chi connectivity index (χ0n) is 18.6. The van der Waals surface area contributed by atoms with Gasteiger partial charge in [-0.15, -0.1) is 0 Å². The molecule has 2 N–H and O–H groups in total. The van der Waals surface area contributed by atoms with Crippen molar-refractivity contribution >= 4 is 28.0 Å². The van der Waals surface area contributed by atoms with Gasteiger partial charge in [0.15, 0.2) is 5.65 Å². The smallest absolute Gasteiger partial charge is 0.275 e.